The van der Waals surface area contributed by atoms with Crippen LogP contribution in [0.5, 0.6) is 0 Å². The van der Waals surface area contributed by atoms with Crippen LogP contribution in [0.15, 0.2) is 42.9 Å². The molecule has 2 rings (SSSR count). The van der Waals surface area contributed by atoms with Gasteiger partial charge in [0, 0.05) is 12.4 Å². The van der Waals surface area contributed by atoms with Crippen molar-refractivity contribution in [1.29, 1.82) is 0 Å². The number of nitrogens with zero attached hydrogens (tertiary/aromatic N) is 2. The summed E-state index contributed by atoms with van der Waals surface area (Å²) in [5.41, 5.74) is -0.912. The molecular weight excluding hydrogens is 289 g/mol. The van der Waals surface area contributed by atoms with E-state index in [1.54, 1.807) is 0 Å². The third kappa shape index (κ3) is 3.64. The fourth-order valence-electron chi connectivity index (χ4n) is 1.47. The van der Waals surface area contributed by atoms with Crippen LogP contribution in [0.1, 0.15) is 5.56 Å². The van der Waals surface area contributed by atoms with E-state index in [1.807, 2.05) is 0 Å². The first-order chi connectivity index (χ1) is 9.47. The first kappa shape index (κ1) is 14.2. The molecule has 0 unspecified atom stereocenters. The van der Waals surface area contributed by atoms with Crippen LogP contribution in [0.2, 0.25) is 0 Å². The fourth-order valence-corrected chi connectivity index (χ4v) is 1.69. The number of para-hydroxylation sites is 1. The predicted molar refractivity (Wildman–Crippen MR) is 73.3 cm³/mol. The summed E-state index contributed by atoms with van der Waals surface area (Å²) in [4.78, 5) is 7.72. The van der Waals surface area contributed by atoms with Crippen LogP contribution in [0.4, 0.5) is 24.7 Å². The highest BCUT2D eigenvalue weighted by Crippen LogP contribution is 2.34. The standard InChI is InChI=1S/C12H9F3N4S/c13-12(14,15)8-3-1-2-4-9(8)18-11(20)19-10-7-16-5-6-17-10/h1-7H,(H2,17,18,19,20). The third-order valence-electron chi connectivity index (χ3n) is 2.29. The number of thiocarbonyl (C=S) groups is 1. The maximum atomic E-state index is 12.8. The number of hydrogen-bond acceptors (Lipinski definition) is 3. The molecule has 0 aliphatic heterocycles. The third-order valence-corrected chi connectivity index (χ3v) is 2.49. The number of rotatable bonds is 2. The van der Waals surface area contributed by atoms with E-state index < -0.39 is 11.7 Å². The Balaban J connectivity index is 2.13. The molecule has 1 heterocycles. The lowest BCUT2D eigenvalue weighted by molar-refractivity contribution is -0.136. The minimum absolute atomic E-state index is 0.00204. The SMILES string of the molecule is FC(F)(F)c1ccccc1NC(=S)Nc1cnccn1. The molecule has 2 N–H and O–H groups in total. The van der Waals surface area contributed by atoms with Gasteiger partial charge in [-0.05, 0) is 24.4 Å². The van der Waals surface area contributed by atoms with Gasteiger partial charge in [-0.2, -0.15) is 13.2 Å². The quantitative estimate of drug-likeness (QED) is 0.833. The zero-order valence-electron chi connectivity index (χ0n) is 9.98. The second kappa shape index (κ2) is 5.83. The van der Waals surface area contributed by atoms with Crippen LogP contribution < -0.4 is 10.6 Å². The molecule has 0 saturated heterocycles. The monoisotopic (exact) mass is 298 g/mol. The summed E-state index contributed by atoms with van der Waals surface area (Å²) in [7, 11) is 0. The Hall–Kier alpha value is -2.22. The molecule has 0 aliphatic rings. The van der Waals surface area contributed by atoms with Crippen molar-refractivity contribution in [2.75, 3.05) is 10.6 Å². The molecular formula is C12H9F3N4S. The van der Waals surface area contributed by atoms with E-state index in [2.05, 4.69) is 20.6 Å². The second-order valence-electron chi connectivity index (χ2n) is 3.71. The minimum Gasteiger partial charge on any atom is -0.332 e. The summed E-state index contributed by atoms with van der Waals surface area (Å²) < 4.78 is 38.4. The van der Waals surface area contributed by atoms with Gasteiger partial charge in [-0.25, -0.2) is 4.98 Å². The van der Waals surface area contributed by atoms with E-state index in [0.29, 0.717) is 5.82 Å². The highest BCUT2D eigenvalue weighted by molar-refractivity contribution is 7.80. The second-order valence-corrected chi connectivity index (χ2v) is 4.12. The normalized spacial score (nSPS) is 10.9. The molecule has 0 radical (unpaired) electrons. The number of nitrogens with one attached hydrogen (secondary N) is 2. The van der Waals surface area contributed by atoms with Crippen LogP contribution in [-0.2, 0) is 6.18 Å². The summed E-state index contributed by atoms with van der Waals surface area (Å²) in [5.74, 6) is 0.342. The molecule has 104 valence electrons. The number of aromatic nitrogens is 2. The van der Waals surface area contributed by atoms with Crippen molar-refractivity contribution in [2.45, 2.75) is 6.18 Å². The first-order valence-electron chi connectivity index (χ1n) is 5.47. The van der Waals surface area contributed by atoms with Gasteiger partial charge in [0.2, 0.25) is 0 Å². The highest BCUT2D eigenvalue weighted by atomic mass is 32.1. The van der Waals surface area contributed by atoms with Gasteiger partial charge in [-0.3, -0.25) is 4.98 Å². The molecule has 1 aromatic carbocycles. The Kier molecular flexibility index (Phi) is 4.14. The van der Waals surface area contributed by atoms with E-state index in [4.69, 9.17) is 12.2 Å². The van der Waals surface area contributed by atoms with Gasteiger partial charge in [-0.1, -0.05) is 12.1 Å². The van der Waals surface area contributed by atoms with E-state index in [0.717, 1.165) is 6.07 Å². The Bertz CT molecular complexity index is 601. The lowest BCUT2D eigenvalue weighted by Gasteiger charge is -2.15. The van der Waals surface area contributed by atoms with Crippen molar-refractivity contribution in [3.63, 3.8) is 0 Å². The van der Waals surface area contributed by atoms with Crippen LogP contribution in [-0.4, -0.2) is 15.1 Å². The van der Waals surface area contributed by atoms with Crippen LogP contribution in [0.25, 0.3) is 0 Å². The lowest BCUT2D eigenvalue weighted by atomic mass is 10.2. The molecule has 0 bridgehead atoms. The van der Waals surface area contributed by atoms with Gasteiger partial charge in [0.05, 0.1) is 17.4 Å². The highest BCUT2D eigenvalue weighted by Gasteiger charge is 2.33. The summed E-state index contributed by atoms with van der Waals surface area (Å²) in [5, 5.41) is 5.15. The summed E-state index contributed by atoms with van der Waals surface area (Å²) in [6.07, 6.45) is -0.134. The Morgan fingerprint density at radius 2 is 1.85 bits per heavy atom. The summed E-state index contributed by atoms with van der Waals surface area (Å²) in [6, 6.07) is 5.08. The molecule has 1 aromatic heterocycles. The van der Waals surface area contributed by atoms with Crippen molar-refractivity contribution < 1.29 is 13.2 Å². The van der Waals surface area contributed by atoms with E-state index in [-0.39, 0.29) is 10.8 Å². The molecule has 2 aromatic rings. The van der Waals surface area contributed by atoms with E-state index in [1.165, 1.54) is 36.8 Å². The topological polar surface area (TPSA) is 49.8 Å². The van der Waals surface area contributed by atoms with Crippen molar-refractivity contribution in [3.8, 4) is 0 Å². The molecule has 20 heavy (non-hydrogen) atoms. The minimum atomic E-state index is -4.45. The number of anilines is 2. The average molecular weight is 298 g/mol. The van der Waals surface area contributed by atoms with E-state index in [9.17, 15) is 13.2 Å². The van der Waals surface area contributed by atoms with Crippen LogP contribution >= 0.6 is 12.2 Å². The predicted octanol–water partition coefficient (Wildman–Crippen LogP) is 3.30. The summed E-state index contributed by atoms with van der Waals surface area (Å²) in [6.45, 7) is 0. The number of alkyl halides is 3. The van der Waals surface area contributed by atoms with Crippen molar-refractivity contribution in [3.05, 3.63) is 48.4 Å². The Labute approximate surface area is 118 Å². The molecule has 0 fully saturated rings. The van der Waals surface area contributed by atoms with Crippen molar-refractivity contribution >= 4 is 28.8 Å². The molecule has 0 amide bonds. The van der Waals surface area contributed by atoms with Gasteiger partial charge < -0.3 is 10.6 Å². The Morgan fingerprint density at radius 1 is 1.10 bits per heavy atom. The maximum Gasteiger partial charge on any atom is 0.418 e. The van der Waals surface area contributed by atoms with Gasteiger partial charge >= 0.3 is 6.18 Å². The zero-order chi connectivity index (χ0) is 14.6. The number of benzene rings is 1. The molecule has 0 aliphatic carbocycles. The van der Waals surface area contributed by atoms with Crippen LogP contribution in [0, 0.1) is 0 Å². The molecule has 8 heteroatoms. The van der Waals surface area contributed by atoms with Gasteiger partial charge in [0.15, 0.2) is 10.9 Å². The maximum absolute atomic E-state index is 12.8. The molecule has 0 spiro atoms. The van der Waals surface area contributed by atoms with Crippen molar-refractivity contribution in [1.82, 2.24) is 9.97 Å². The number of hydrogen-bond donors (Lipinski definition) is 2. The average Bonchev–Trinajstić information content (AvgIpc) is 2.39. The number of halogens is 3. The largest absolute Gasteiger partial charge is 0.418 e. The van der Waals surface area contributed by atoms with Crippen LogP contribution in [0.3, 0.4) is 0 Å². The Morgan fingerprint density at radius 3 is 2.50 bits per heavy atom. The molecule has 4 nitrogen and oxygen atoms in total. The van der Waals surface area contributed by atoms with Gasteiger partial charge in [0.25, 0.3) is 0 Å². The zero-order valence-corrected chi connectivity index (χ0v) is 10.8. The molecule has 0 atom stereocenters. The van der Waals surface area contributed by atoms with Crippen molar-refractivity contribution in [2.24, 2.45) is 0 Å². The van der Waals surface area contributed by atoms with Gasteiger partial charge in [0.1, 0.15) is 0 Å². The van der Waals surface area contributed by atoms with E-state index >= 15 is 0 Å². The first-order valence-corrected chi connectivity index (χ1v) is 5.88. The lowest BCUT2D eigenvalue weighted by Crippen LogP contribution is -2.22. The fraction of sp³-hybridized carbons (Fsp3) is 0.0833. The summed E-state index contributed by atoms with van der Waals surface area (Å²) >= 11 is 4.94. The smallest absolute Gasteiger partial charge is 0.332 e. The van der Waals surface area contributed by atoms with Gasteiger partial charge in [-0.15, -0.1) is 0 Å². The molecule has 0 saturated carbocycles.